The molecule has 5 nitrogen and oxygen atoms in total. The van der Waals surface area contributed by atoms with Crippen molar-refractivity contribution >= 4 is 5.69 Å². The van der Waals surface area contributed by atoms with Crippen LogP contribution in [-0.4, -0.2) is 22.4 Å². The second kappa shape index (κ2) is 5.10. The Morgan fingerprint density at radius 3 is 3.00 bits per heavy atom. The molecule has 0 radical (unpaired) electrons. The maximum Gasteiger partial charge on any atom is 0.272 e. The molecular weight excluding hydrogens is 237 g/mol. The Bertz CT molecular complexity index is 513. The van der Waals surface area contributed by atoms with Crippen molar-refractivity contribution in [3.8, 4) is 6.07 Å². The van der Waals surface area contributed by atoms with Gasteiger partial charge in [-0.05, 0) is 31.0 Å². The highest BCUT2D eigenvalue weighted by molar-refractivity contribution is 5.35. The van der Waals surface area contributed by atoms with E-state index >= 15 is 0 Å². The predicted octanol–water partition coefficient (Wildman–Crippen LogP) is 2.22. The van der Waals surface area contributed by atoms with Crippen molar-refractivity contribution in [1.82, 2.24) is 4.90 Å². The molecule has 0 aromatic heterocycles. The summed E-state index contributed by atoms with van der Waals surface area (Å²) in [6.07, 6.45) is 1.73. The monoisotopic (exact) mass is 249 g/mol. The number of hydrogen-bond acceptors (Lipinski definition) is 4. The number of nitriles is 1. The first kappa shape index (κ1) is 12.5. The fourth-order valence-electron chi connectivity index (χ4n) is 2.23. The number of likely N-dealkylation sites (tertiary alicyclic amines) is 1. The Morgan fingerprint density at radius 2 is 2.33 bits per heavy atom. The minimum absolute atomic E-state index is 0.174. The maximum absolute atomic E-state index is 13.3. The van der Waals surface area contributed by atoms with Crippen molar-refractivity contribution in [3.63, 3.8) is 0 Å². The van der Waals surface area contributed by atoms with Crippen LogP contribution in [0.25, 0.3) is 0 Å². The second-order valence-corrected chi connectivity index (χ2v) is 4.33. The van der Waals surface area contributed by atoms with Gasteiger partial charge in [0.05, 0.1) is 23.1 Å². The van der Waals surface area contributed by atoms with Crippen LogP contribution in [0.1, 0.15) is 18.4 Å². The second-order valence-electron chi connectivity index (χ2n) is 4.33. The number of nitro groups is 1. The number of non-ortho nitro benzene ring substituents is 1. The van der Waals surface area contributed by atoms with E-state index in [-0.39, 0.29) is 11.7 Å². The molecule has 0 amide bonds. The van der Waals surface area contributed by atoms with Crippen LogP contribution in [0.5, 0.6) is 0 Å². The van der Waals surface area contributed by atoms with Crippen molar-refractivity contribution in [2.24, 2.45) is 0 Å². The van der Waals surface area contributed by atoms with Gasteiger partial charge < -0.3 is 0 Å². The summed E-state index contributed by atoms with van der Waals surface area (Å²) in [5, 5.41) is 19.6. The van der Waals surface area contributed by atoms with Crippen molar-refractivity contribution < 1.29 is 9.31 Å². The molecule has 1 aromatic rings. The van der Waals surface area contributed by atoms with E-state index in [1.54, 1.807) is 0 Å². The van der Waals surface area contributed by atoms with Gasteiger partial charge in [0.1, 0.15) is 5.82 Å². The number of halogens is 1. The van der Waals surface area contributed by atoms with Crippen LogP contribution in [0.4, 0.5) is 10.1 Å². The third kappa shape index (κ3) is 2.63. The first-order valence-corrected chi connectivity index (χ1v) is 5.67. The van der Waals surface area contributed by atoms with E-state index in [1.165, 1.54) is 12.1 Å². The average molecular weight is 249 g/mol. The molecule has 1 unspecified atom stereocenters. The summed E-state index contributed by atoms with van der Waals surface area (Å²) in [4.78, 5) is 11.9. The third-order valence-corrected chi connectivity index (χ3v) is 3.05. The molecule has 0 N–H and O–H groups in total. The van der Waals surface area contributed by atoms with Gasteiger partial charge in [-0.2, -0.15) is 5.26 Å². The third-order valence-electron chi connectivity index (χ3n) is 3.05. The van der Waals surface area contributed by atoms with E-state index in [1.807, 2.05) is 4.90 Å². The Kier molecular flexibility index (Phi) is 3.53. The molecular formula is C12H12FN3O2. The Morgan fingerprint density at radius 1 is 1.56 bits per heavy atom. The van der Waals surface area contributed by atoms with Gasteiger partial charge in [0.2, 0.25) is 0 Å². The molecule has 1 aliphatic heterocycles. The first-order chi connectivity index (χ1) is 8.60. The highest BCUT2D eigenvalue weighted by Crippen LogP contribution is 2.22. The van der Waals surface area contributed by atoms with Crippen molar-refractivity contribution in [2.75, 3.05) is 6.54 Å². The summed E-state index contributed by atoms with van der Waals surface area (Å²) in [7, 11) is 0. The van der Waals surface area contributed by atoms with Crippen LogP contribution in [0.15, 0.2) is 18.2 Å². The molecule has 1 fully saturated rings. The smallest absolute Gasteiger partial charge is 0.272 e. The summed E-state index contributed by atoms with van der Waals surface area (Å²) in [5.41, 5.74) is 0.279. The number of benzene rings is 1. The number of nitrogens with zero attached hydrogens (tertiary/aromatic N) is 3. The van der Waals surface area contributed by atoms with Crippen LogP contribution in [-0.2, 0) is 6.54 Å². The molecule has 1 heterocycles. The van der Waals surface area contributed by atoms with Gasteiger partial charge in [0.25, 0.3) is 5.69 Å². The Balaban J connectivity index is 2.19. The summed E-state index contributed by atoms with van der Waals surface area (Å²) in [6, 6.07) is 5.54. The molecule has 18 heavy (non-hydrogen) atoms. The topological polar surface area (TPSA) is 70.2 Å². The molecule has 1 aromatic carbocycles. The van der Waals surface area contributed by atoms with E-state index < -0.39 is 10.7 Å². The molecule has 0 aliphatic carbocycles. The van der Waals surface area contributed by atoms with E-state index in [2.05, 4.69) is 6.07 Å². The molecule has 0 bridgehead atoms. The average Bonchev–Trinajstić information content (AvgIpc) is 2.75. The molecule has 0 spiro atoms. The molecule has 6 heteroatoms. The van der Waals surface area contributed by atoms with Gasteiger partial charge >= 0.3 is 0 Å². The zero-order chi connectivity index (χ0) is 13.1. The van der Waals surface area contributed by atoms with Gasteiger partial charge in [-0.15, -0.1) is 0 Å². The van der Waals surface area contributed by atoms with Crippen molar-refractivity contribution in [3.05, 3.63) is 39.7 Å². The fraction of sp³-hybridized carbons (Fsp3) is 0.417. The number of rotatable bonds is 3. The minimum atomic E-state index is -0.619. The SMILES string of the molecule is N#CC1CCCN1Cc1cc(F)cc([N+](=O)[O-])c1. The normalized spacial score (nSPS) is 19.7. The fourth-order valence-corrected chi connectivity index (χ4v) is 2.23. The van der Waals surface area contributed by atoms with E-state index in [9.17, 15) is 14.5 Å². The zero-order valence-electron chi connectivity index (χ0n) is 9.67. The van der Waals surface area contributed by atoms with Gasteiger partial charge in [-0.25, -0.2) is 4.39 Å². The zero-order valence-corrected chi connectivity index (χ0v) is 9.67. The quantitative estimate of drug-likeness (QED) is 0.608. The summed E-state index contributed by atoms with van der Waals surface area (Å²) in [5.74, 6) is -0.619. The van der Waals surface area contributed by atoms with Gasteiger partial charge in [-0.3, -0.25) is 15.0 Å². The van der Waals surface area contributed by atoms with Crippen LogP contribution in [0.3, 0.4) is 0 Å². The van der Waals surface area contributed by atoms with Crippen LogP contribution in [0.2, 0.25) is 0 Å². The summed E-state index contributed by atoms with van der Waals surface area (Å²) < 4.78 is 13.3. The molecule has 1 aliphatic rings. The molecule has 2 rings (SSSR count). The van der Waals surface area contributed by atoms with Crippen LogP contribution >= 0.6 is 0 Å². The molecule has 0 saturated carbocycles. The van der Waals surface area contributed by atoms with E-state index in [4.69, 9.17) is 5.26 Å². The first-order valence-electron chi connectivity index (χ1n) is 5.67. The van der Waals surface area contributed by atoms with E-state index in [0.717, 1.165) is 25.5 Å². The summed E-state index contributed by atoms with van der Waals surface area (Å²) in [6.45, 7) is 1.14. The van der Waals surface area contributed by atoms with E-state index in [0.29, 0.717) is 12.1 Å². The van der Waals surface area contributed by atoms with Crippen molar-refractivity contribution in [2.45, 2.75) is 25.4 Å². The lowest BCUT2D eigenvalue weighted by Crippen LogP contribution is -2.27. The van der Waals surface area contributed by atoms with Crippen molar-refractivity contribution in [1.29, 1.82) is 5.26 Å². The number of hydrogen-bond donors (Lipinski definition) is 0. The molecule has 1 atom stereocenters. The Hall–Kier alpha value is -2.00. The highest BCUT2D eigenvalue weighted by atomic mass is 19.1. The summed E-state index contributed by atoms with van der Waals surface area (Å²) >= 11 is 0. The lowest BCUT2D eigenvalue weighted by molar-refractivity contribution is -0.385. The highest BCUT2D eigenvalue weighted by Gasteiger charge is 2.24. The standard InChI is InChI=1S/C12H12FN3O2/c13-10-4-9(5-12(6-10)16(17)18)8-15-3-1-2-11(15)7-14/h4-6,11H,1-3,8H2. The lowest BCUT2D eigenvalue weighted by atomic mass is 10.1. The predicted molar refractivity (Wildman–Crippen MR) is 62.1 cm³/mol. The maximum atomic E-state index is 13.3. The Labute approximate surface area is 104 Å². The van der Waals surface area contributed by atoms with Gasteiger partial charge in [-0.1, -0.05) is 0 Å². The number of nitro benzene ring substituents is 1. The molecule has 94 valence electrons. The lowest BCUT2D eigenvalue weighted by Gasteiger charge is -2.18. The molecule has 1 saturated heterocycles. The van der Waals surface area contributed by atoms with Gasteiger partial charge in [0, 0.05) is 12.6 Å². The van der Waals surface area contributed by atoms with Crippen LogP contribution < -0.4 is 0 Å². The van der Waals surface area contributed by atoms with Gasteiger partial charge in [0.15, 0.2) is 0 Å². The van der Waals surface area contributed by atoms with Crippen LogP contribution in [0, 0.1) is 27.3 Å². The minimum Gasteiger partial charge on any atom is -0.284 e. The largest absolute Gasteiger partial charge is 0.284 e.